The maximum atomic E-state index is 14.7. The zero-order valence-electron chi connectivity index (χ0n) is 16.8. The lowest BCUT2D eigenvalue weighted by atomic mass is 9.76. The van der Waals surface area contributed by atoms with Gasteiger partial charge in [-0.25, -0.2) is 9.37 Å². The number of hydrogen-bond donors (Lipinski definition) is 2. The van der Waals surface area contributed by atoms with Gasteiger partial charge in [0.05, 0.1) is 6.20 Å². The smallest absolute Gasteiger partial charge is 0.222 e. The molecular formula is C23H25FN4O2. The van der Waals surface area contributed by atoms with Crippen molar-refractivity contribution in [2.24, 2.45) is 0 Å². The van der Waals surface area contributed by atoms with Gasteiger partial charge in [-0.3, -0.25) is 0 Å². The normalized spacial score (nSPS) is 21.3. The Hall–Kier alpha value is -2.69. The molecule has 1 spiro atoms. The molecule has 1 aromatic heterocycles. The lowest BCUT2D eigenvalue weighted by molar-refractivity contribution is 0.0557. The van der Waals surface area contributed by atoms with Gasteiger partial charge in [-0.15, -0.1) is 0 Å². The minimum atomic E-state index is -0.895. The Bertz CT molecular complexity index is 1030. The van der Waals surface area contributed by atoms with E-state index < -0.39 is 11.4 Å². The summed E-state index contributed by atoms with van der Waals surface area (Å²) in [7, 11) is 0. The monoisotopic (exact) mass is 408 g/mol. The summed E-state index contributed by atoms with van der Waals surface area (Å²) in [4.78, 5) is 9.85. The summed E-state index contributed by atoms with van der Waals surface area (Å²) >= 11 is 0. The maximum Gasteiger partial charge on any atom is 0.222 e. The Morgan fingerprint density at radius 2 is 1.93 bits per heavy atom. The van der Waals surface area contributed by atoms with Gasteiger partial charge in [0.15, 0.2) is 11.6 Å². The summed E-state index contributed by atoms with van der Waals surface area (Å²) in [6, 6.07) is 6.06. The van der Waals surface area contributed by atoms with E-state index in [1.807, 2.05) is 17.0 Å². The standard InChI is InChI=1S/C23H25FN4O2/c24-18-14-26-21(25)27-20(18)28-15-22(9-11-30-12-10-22)17-4-3-16(13-19(17)28)5-8-23(29)6-1-2-7-23/h3-4,13-14,29H,1-2,6-7,9-12,15H2,(H2,25,26,27). The van der Waals surface area contributed by atoms with Gasteiger partial charge in [-0.2, -0.15) is 4.98 Å². The molecule has 1 aromatic carbocycles. The van der Waals surface area contributed by atoms with Crippen molar-refractivity contribution in [1.29, 1.82) is 0 Å². The Labute approximate surface area is 175 Å². The summed E-state index contributed by atoms with van der Waals surface area (Å²) in [6.45, 7) is 1.96. The Balaban J connectivity index is 1.58. The van der Waals surface area contributed by atoms with Crippen molar-refractivity contribution >= 4 is 17.5 Å². The van der Waals surface area contributed by atoms with Crippen molar-refractivity contribution in [1.82, 2.24) is 9.97 Å². The summed E-state index contributed by atoms with van der Waals surface area (Å²) in [6.07, 6.45) is 6.28. The number of ether oxygens (including phenoxy) is 1. The molecule has 3 aliphatic rings. The van der Waals surface area contributed by atoms with E-state index in [0.717, 1.165) is 48.7 Å². The van der Waals surface area contributed by atoms with Crippen LogP contribution in [0.1, 0.15) is 49.7 Å². The molecule has 0 atom stereocenters. The minimum Gasteiger partial charge on any atom is -0.381 e. The van der Waals surface area contributed by atoms with Crippen molar-refractivity contribution < 1.29 is 14.2 Å². The summed E-state index contributed by atoms with van der Waals surface area (Å²) < 4.78 is 20.3. The van der Waals surface area contributed by atoms with Crippen LogP contribution < -0.4 is 10.6 Å². The van der Waals surface area contributed by atoms with Gasteiger partial charge in [0.2, 0.25) is 5.95 Å². The first-order valence-corrected chi connectivity index (χ1v) is 10.5. The van der Waals surface area contributed by atoms with Crippen molar-refractivity contribution in [2.45, 2.75) is 49.5 Å². The highest BCUT2D eigenvalue weighted by molar-refractivity contribution is 5.73. The number of rotatable bonds is 1. The number of hydrogen-bond acceptors (Lipinski definition) is 6. The highest BCUT2D eigenvalue weighted by atomic mass is 19.1. The third-order valence-corrected chi connectivity index (χ3v) is 6.64. The SMILES string of the molecule is Nc1ncc(F)c(N2CC3(CCOCC3)c3ccc(C#CC4(O)CCCC4)cc32)n1. The first-order valence-electron chi connectivity index (χ1n) is 10.5. The first kappa shape index (κ1) is 19.3. The van der Waals surface area contributed by atoms with E-state index in [1.165, 1.54) is 0 Å². The van der Waals surface area contributed by atoms with E-state index in [0.29, 0.717) is 32.6 Å². The van der Waals surface area contributed by atoms with Gasteiger partial charge < -0.3 is 20.5 Å². The molecule has 0 amide bonds. The van der Waals surface area contributed by atoms with Crippen molar-refractivity contribution in [3.63, 3.8) is 0 Å². The summed E-state index contributed by atoms with van der Waals surface area (Å²) in [5, 5.41) is 10.6. The second kappa shape index (κ2) is 7.22. The molecular weight excluding hydrogens is 383 g/mol. The maximum absolute atomic E-state index is 14.7. The van der Waals surface area contributed by atoms with Gasteiger partial charge >= 0.3 is 0 Å². The lowest BCUT2D eigenvalue weighted by Gasteiger charge is -2.34. The predicted molar refractivity (Wildman–Crippen MR) is 112 cm³/mol. The van der Waals surface area contributed by atoms with Crippen LogP contribution >= 0.6 is 0 Å². The fourth-order valence-corrected chi connectivity index (χ4v) is 4.97. The molecule has 2 aromatic rings. The minimum absolute atomic E-state index is 0.0419. The quantitative estimate of drug-likeness (QED) is 0.706. The Kier molecular flexibility index (Phi) is 4.64. The highest BCUT2D eigenvalue weighted by Gasteiger charge is 2.45. The second-order valence-corrected chi connectivity index (χ2v) is 8.60. The summed E-state index contributed by atoms with van der Waals surface area (Å²) in [5.41, 5.74) is 7.60. The zero-order valence-corrected chi connectivity index (χ0v) is 16.8. The van der Waals surface area contributed by atoms with Gasteiger partial charge in [-0.05, 0) is 56.2 Å². The second-order valence-electron chi connectivity index (χ2n) is 8.60. The van der Waals surface area contributed by atoms with E-state index in [-0.39, 0.29) is 17.2 Å². The lowest BCUT2D eigenvalue weighted by Crippen LogP contribution is -2.37. The number of aliphatic hydroxyl groups is 1. The van der Waals surface area contributed by atoms with Gasteiger partial charge in [-0.1, -0.05) is 17.9 Å². The molecule has 5 rings (SSSR count). The molecule has 0 bridgehead atoms. The number of benzene rings is 1. The third kappa shape index (κ3) is 3.30. The molecule has 156 valence electrons. The largest absolute Gasteiger partial charge is 0.381 e. The topological polar surface area (TPSA) is 84.5 Å². The van der Waals surface area contributed by atoms with Crippen molar-refractivity contribution in [2.75, 3.05) is 30.4 Å². The van der Waals surface area contributed by atoms with Crippen LogP contribution in [0.5, 0.6) is 0 Å². The molecule has 7 heteroatoms. The molecule has 3 N–H and O–H groups in total. The van der Waals surface area contributed by atoms with E-state index in [9.17, 15) is 9.50 Å². The molecule has 3 heterocycles. The molecule has 6 nitrogen and oxygen atoms in total. The number of nitrogens with two attached hydrogens (primary N) is 1. The molecule has 0 radical (unpaired) electrons. The molecule has 1 saturated carbocycles. The van der Waals surface area contributed by atoms with Crippen LogP contribution in [0.15, 0.2) is 24.4 Å². The third-order valence-electron chi connectivity index (χ3n) is 6.64. The van der Waals surface area contributed by atoms with E-state index >= 15 is 0 Å². The number of fused-ring (bicyclic) bond motifs is 2. The van der Waals surface area contributed by atoms with Gasteiger partial charge in [0.1, 0.15) is 5.60 Å². The van der Waals surface area contributed by atoms with Crippen LogP contribution in [0.2, 0.25) is 0 Å². The van der Waals surface area contributed by atoms with Crippen molar-refractivity contribution in [3.8, 4) is 11.8 Å². The fourth-order valence-electron chi connectivity index (χ4n) is 4.97. The molecule has 30 heavy (non-hydrogen) atoms. The van der Waals surface area contributed by atoms with Crippen LogP contribution in [0, 0.1) is 17.7 Å². The Morgan fingerprint density at radius 1 is 1.17 bits per heavy atom. The zero-order chi connectivity index (χ0) is 20.8. The van der Waals surface area contributed by atoms with Crippen molar-refractivity contribution in [3.05, 3.63) is 41.3 Å². The number of anilines is 3. The Morgan fingerprint density at radius 3 is 2.70 bits per heavy atom. The van der Waals surface area contributed by atoms with Crippen LogP contribution in [-0.2, 0) is 10.2 Å². The van der Waals surface area contributed by atoms with E-state index in [2.05, 4.69) is 27.9 Å². The molecule has 2 aliphatic heterocycles. The van der Waals surface area contributed by atoms with Gasteiger partial charge in [0, 0.05) is 36.4 Å². The molecule has 1 saturated heterocycles. The number of nitrogen functional groups attached to an aromatic ring is 1. The summed E-state index contributed by atoms with van der Waals surface area (Å²) in [5.74, 6) is 5.93. The van der Waals surface area contributed by atoms with Crippen LogP contribution in [0.3, 0.4) is 0 Å². The van der Waals surface area contributed by atoms with E-state index in [1.54, 1.807) is 0 Å². The van der Waals surface area contributed by atoms with Gasteiger partial charge in [0.25, 0.3) is 0 Å². The van der Waals surface area contributed by atoms with E-state index in [4.69, 9.17) is 10.5 Å². The molecule has 1 aliphatic carbocycles. The molecule has 2 fully saturated rings. The number of aromatic nitrogens is 2. The fraction of sp³-hybridized carbons (Fsp3) is 0.478. The average Bonchev–Trinajstić information content (AvgIpc) is 3.31. The number of nitrogens with zero attached hydrogens (tertiary/aromatic N) is 3. The highest BCUT2D eigenvalue weighted by Crippen LogP contribution is 2.49. The van der Waals surface area contributed by atoms with Crippen LogP contribution in [-0.4, -0.2) is 40.4 Å². The molecule has 0 unspecified atom stereocenters. The van der Waals surface area contributed by atoms with Crippen LogP contribution in [0.4, 0.5) is 21.8 Å². The first-order chi connectivity index (χ1) is 14.5. The van der Waals surface area contributed by atoms with Crippen LogP contribution in [0.25, 0.3) is 0 Å². The number of halogens is 1. The predicted octanol–water partition coefficient (Wildman–Crippen LogP) is 3.05. The average molecular weight is 408 g/mol.